The Morgan fingerprint density at radius 1 is 1.04 bits per heavy atom. The zero-order valence-corrected chi connectivity index (χ0v) is 16.9. The maximum atomic E-state index is 12.9. The van der Waals surface area contributed by atoms with E-state index < -0.39 is 5.97 Å². The van der Waals surface area contributed by atoms with Crippen molar-refractivity contribution in [1.82, 2.24) is 10.2 Å². The van der Waals surface area contributed by atoms with Gasteiger partial charge < -0.3 is 10.5 Å². The van der Waals surface area contributed by atoms with E-state index in [0.29, 0.717) is 9.47 Å². The minimum Gasteiger partial charge on any atom is -0.455 e. The number of thioether (sulfide) groups is 1. The van der Waals surface area contributed by atoms with Gasteiger partial charge in [0.05, 0.1) is 17.1 Å². The van der Waals surface area contributed by atoms with Gasteiger partial charge >= 0.3 is 5.97 Å². The van der Waals surface area contributed by atoms with Gasteiger partial charge in [-0.3, -0.25) is 14.5 Å². The van der Waals surface area contributed by atoms with Gasteiger partial charge in [0.25, 0.3) is 5.91 Å². The van der Waals surface area contributed by atoms with Gasteiger partial charge in [-0.2, -0.15) is 0 Å². The highest BCUT2D eigenvalue weighted by molar-refractivity contribution is 8.01. The summed E-state index contributed by atoms with van der Waals surface area (Å²) in [5, 5.41) is 7.85. The van der Waals surface area contributed by atoms with Crippen LogP contribution in [0.1, 0.15) is 0 Å². The van der Waals surface area contributed by atoms with Crippen molar-refractivity contribution in [2.24, 2.45) is 0 Å². The molecule has 142 valence electrons. The Kier molecular flexibility index (Phi) is 5.51. The largest absolute Gasteiger partial charge is 0.455 e. The van der Waals surface area contributed by atoms with E-state index in [2.05, 4.69) is 10.2 Å². The first kappa shape index (κ1) is 18.8. The summed E-state index contributed by atoms with van der Waals surface area (Å²) in [6.45, 7) is -0.342. The van der Waals surface area contributed by atoms with Crippen LogP contribution in [-0.4, -0.2) is 34.4 Å². The molecule has 0 radical (unpaired) electrons. The van der Waals surface area contributed by atoms with E-state index in [1.165, 1.54) is 23.1 Å². The number of carbonyl (C=O) groups is 2. The van der Waals surface area contributed by atoms with Crippen LogP contribution in [0.3, 0.4) is 0 Å². The lowest BCUT2D eigenvalue weighted by molar-refractivity contribution is -0.144. The lowest BCUT2D eigenvalue weighted by atomic mass is 10.2. The predicted octanol–water partition coefficient (Wildman–Crippen LogP) is 3.59. The third-order valence-electron chi connectivity index (χ3n) is 3.77. The molecule has 0 fully saturated rings. The van der Waals surface area contributed by atoms with Crippen LogP contribution in [0.15, 0.2) is 62.7 Å². The normalized spacial score (nSPS) is 12.2. The standard InChI is InChI=1S/C18H14N4O3S3/c19-17-20-21-18(28-17)26-10-16(24)25-9-15(23)22-11-5-1-3-7-13(11)27-14-8-4-2-6-12(14)22/h1-8H,9-10H2,(H2,19,20). The number of anilines is 3. The number of fused-ring (bicyclic) bond motifs is 2. The zero-order chi connectivity index (χ0) is 19.5. The van der Waals surface area contributed by atoms with Crippen LogP contribution in [-0.2, 0) is 14.3 Å². The van der Waals surface area contributed by atoms with Gasteiger partial charge in [-0.05, 0) is 24.3 Å². The molecule has 3 aromatic rings. The summed E-state index contributed by atoms with van der Waals surface area (Å²) in [6, 6.07) is 15.3. The summed E-state index contributed by atoms with van der Waals surface area (Å²) in [6.07, 6.45) is 0. The molecule has 0 saturated heterocycles. The summed E-state index contributed by atoms with van der Waals surface area (Å²) in [5.74, 6) is -0.774. The van der Waals surface area contributed by atoms with E-state index in [1.807, 2.05) is 48.5 Å². The fourth-order valence-corrected chi connectivity index (χ4v) is 5.11. The molecule has 10 heteroatoms. The molecule has 1 aromatic heterocycles. The molecule has 1 amide bonds. The van der Waals surface area contributed by atoms with Crippen molar-refractivity contribution in [2.75, 3.05) is 23.0 Å². The molecule has 1 aliphatic heterocycles. The molecule has 2 N–H and O–H groups in total. The topological polar surface area (TPSA) is 98.4 Å². The van der Waals surface area contributed by atoms with Crippen LogP contribution in [0, 0.1) is 0 Å². The van der Waals surface area contributed by atoms with E-state index >= 15 is 0 Å². The highest BCUT2D eigenvalue weighted by Crippen LogP contribution is 2.47. The van der Waals surface area contributed by atoms with Crippen molar-refractivity contribution in [3.63, 3.8) is 0 Å². The molecule has 1 aliphatic rings. The molecule has 0 bridgehead atoms. The number of amides is 1. The second-order valence-electron chi connectivity index (χ2n) is 5.62. The number of benzene rings is 2. The van der Waals surface area contributed by atoms with E-state index in [0.717, 1.165) is 21.2 Å². The molecular formula is C18H14N4O3S3. The monoisotopic (exact) mass is 430 g/mol. The number of nitrogens with zero attached hydrogens (tertiary/aromatic N) is 3. The highest BCUT2D eigenvalue weighted by atomic mass is 32.2. The van der Waals surface area contributed by atoms with Crippen molar-refractivity contribution < 1.29 is 14.3 Å². The molecular weight excluding hydrogens is 416 g/mol. The number of carbonyl (C=O) groups excluding carboxylic acids is 2. The van der Waals surface area contributed by atoms with Crippen LogP contribution in [0.4, 0.5) is 16.5 Å². The van der Waals surface area contributed by atoms with Gasteiger partial charge in [-0.15, -0.1) is 10.2 Å². The smallest absolute Gasteiger partial charge is 0.316 e. The maximum absolute atomic E-state index is 12.9. The number of rotatable bonds is 5. The summed E-state index contributed by atoms with van der Waals surface area (Å²) in [5.41, 5.74) is 7.07. The van der Waals surface area contributed by atoms with E-state index in [1.54, 1.807) is 16.7 Å². The molecule has 0 spiro atoms. The molecule has 2 aromatic carbocycles. The Labute approximate surface area is 173 Å². The number of nitrogens with two attached hydrogens (primary N) is 1. The average molecular weight is 431 g/mol. The summed E-state index contributed by atoms with van der Waals surface area (Å²) in [4.78, 5) is 28.5. The van der Waals surface area contributed by atoms with E-state index in [-0.39, 0.29) is 18.3 Å². The molecule has 28 heavy (non-hydrogen) atoms. The minimum absolute atomic E-state index is 0.0327. The van der Waals surface area contributed by atoms with Gasteiger partial charge in [-0.25, -0.2) is 0 Å². The third-order valence-corrected chi connectivity index (χ3v) is 6.76. The average Bonchev–Trinajstić information content (AvgIpc) is 3.13. The first-order valence-corrected chi connectivity index (χ1v) is 10.8. The minimum atomic E-state index is -0.500. The quantitative estimate of drug-likeness (QED) is 0.484. The van der Waals surface area contributed by atoms with Crippen LogP contribution in [0.5, 0.6) is 0 Å². The molecule has 0 saturated carbocycles. The van der Waals surface area contributed by atoms with Crippen LogP contribution in [0.2, 0.25) is 0 Å². The lowest BCUT2D eigenvalue weighted by Crippen LogP contribution is -2.32. The molecule has 7 nitrogen and oxygen atoms in total. The maximum Gasteiger partial charge on any atom is 0.316 e. The van der Waals surface area contributed by atoms with Crippen molar-refractivity contribution in [2.45, 2.75) is 14.1 Å². The number of ether oxygens (including phenoxy) is 1. The Bertz CT molecular complexity index is 995. The Morgan fingerprint density at radius 3 is 2.29 bits per heavy atom. The van der Waals surface area contributed by atoms with Crippen molar-refractivity contribution in [3.8, 4) is 0 Å². The van der Waals surface area contributed by atoms with Crippen LogP contribution < -0.4 is 10.6 Å². The number of hydrogen-bond acceptors (Lipinski definition) is 9. The third kappa shape index (κ3) is 3.98. The SMILES string of the molecule is Nc1nnc(SCC(=O)OCC(=O)N2c3ccccc3Sc3ccccc32)s1. The van der Waals surface area contributed by atoms with Gasteiger partial charge in [0.1, 0.15) is 0 Å². The molecule has 0 atom stereocenters. The van der Waals surface area contributed by atoms with E-state index in [9.17, 15) is 9.59 Å². The molecule has 0 unspecified atom stereocenters. The van der Waals surface area contributed by atoms with E-state index in [4.69, 9.17) is 10.5 Å². The number of esters is 1. The Balaban J connectivity index is 1.44. The second-order valence-corrected chi connectivity index (χ2v) is 8.94. The van der Waals surface area contributed by atoms with Gasteiger partial charge in [-0.1, -0.05) is 59.1 Å². The number of nitrogen functional groups attached to an aromatic ring is 1. The number of para-hydroxylation sites is 2. The van der Waals surface area contributed by atoms with Gasteiger partial charge in [0.15, 0.2) is 10.9 Å². The zero-order valence-electron chi connectivity index (χ0n) is 14.4. The molecule has 0 aliphatic carbocycles. The second kappa shape index (κ2) is 8.21. The van der Waals surface area contributed by atoms with Crippen LogP contribution >= 0.6 is 34.9 Å². The van der Waals surface area contributed by atoms with Crippen molar-refractivity contribution >= 4 is 63.2 Å². The number of hydrogen-bond donors (Lipinski definition) is 1. The summed E-state index contributed by atoms with van der Waals surface area (Å²) in [7, 11) is 0. The highest BCUT2D eigenvalue weighted by Gasteiger charge is 2.28. The lowest BCUT2D eigenvalue weighted by Gasteiger charge is -2.30. The number of aromatic nitrogens is 2. The first-order valence-electron chi connectivity index (χ1n) is 8.18. The Morgan fingerprint density at radius 2 is 1.68 bits per heavy atom. The molecule has 2 heterocycles. The fraction of sp³-hybridized carbons (Fsp3) is 0.111. The van der Waals surface area contributed by atoms with Crippen LogP contribution in [0.25, 0.3) is 0 Å². The van der Waals surface area contributed by atoms with Crippen molar-refractivity contribution in [3.05, 3.63) is 48.5 Å². The summed E-state index contributed by atoms with van der Waals surface area (Å²) >= 11 is 3.98. The Hall–Kier alpha value is -2.56. The summed E-state index contributed by atoms with van der Waals surface area (Å²) < 4.78 is 5.76. The van der Waals surface area contributed by atoms with Gasteiger partial charge in [0, 0.05) is 9.79 Å². The van der Waals surface area contributed by atoms with Crippen molar-refractivity contribution in [1.29, 1.82) is 0 Å². The van der Waals surface area contributed by atoms with Gasteiger partial charge in [0.2, 0.25) is 5.13 Å². The predicted molar refractivity (Wildman–Crippen MR) is 110 cm³/mol. The first-order chi connectivity index (χ1) is 13.6. The molecule has 4 rings (SSSR count). The fourth-order valence-electron chi connectivity index (χ4n) is 2.62.